The Morgan fingerprint density at radius 3 is 2.68 bits per heavy atom. The van der Waals surface area contributed by atoms with E-state index in [-0.39, 0.29) is 11.8 Å². The second-order valence-corrected chi connectivity index (χ2v) is 7.70. The van der Waals surface area contributed by atoms with E-state index in [0.717, 1.165) is 36.3 Å². The topological polar surface area (TPSA) is 69.5 Å². The summed E-state index contributed by atoms with van der Waals surface area (Å²) >= 11 is 0. The van der Waals surface area contributed by atoms with Crippen LogP contribution in [-0.4, -0.2) is 53.1 Å². The molecule has 1 saturated heterocycles. The average molecular weight is 384 g/mol. The quantitative estimate of drug-likeness (QED) is 0.790. The van der Waals surface area contributed by atoms with Crippen molar-refractivity contribution in [1.82, 2.24) is 19.9 Å². The predicted molar refractivity (Wildman–Crippen MR) is 105 cm³/mol. The summed E-state index contributed by atoms with van der Waals surface area (Å²) in [7, 11) is 3.30. The molecular weight excluding hydrogens is 356 g/mol. The summed E-state index contributed by atoms with van der Waals surface area (Å²) in [6.45, 7) is 1.36. The fourth-order valence-corrected chi connectivity index (χ4v) is 4.49. The Kier molecular flexibility index (Phi) is 5.50. The number of carbonyl (C=O) groups is 1. The van der Waals surface area contributed by atoms with Crippen molar-refractivity contribution < 1.29 is 14.3 Å². The minimum Gasteiger partial charge on any atom is -0.493 e. The van der Waals surface area contributed by atoms with Crippen molar-refractivity contribution >= 4 is 5.91 Å². The molecule has 2 fully saturated rings. The summed E-state index contributed by atoms with van der Waals surface area (Å²) in [5.41, 5.74) is 1.53. The molecule has 1 amide bonds. The minimum absolute atomic E-state index is 0.0357. The molecule has 1 aromatic heterocycles. The number of rotatable bonds is 5. The number of methoxy groups -OCH3 is 2. The van der Waals surface area contributed by atoms with Gasteiger partial charge in [0.25, 0.3) is 5.91 Å². The molecule has 0 radical (unpaired) electrons. The van der Waals surface area contributed by atoms with Crippen molar-refractivity contribution in [2.75, 3.05) is 27.3 Å². The highest BCUT2D eigenvalue weighted by Crippen LogP contribution is 2.39. The highest BCUT2D eigenvalue weighted by Gasteiger charge is 2.32. The first-order chi connectivity index (χ1) is 13.7. The monoisotopic (exact) mass is 384 g/mol. The molecule has 1 saturated carbocycles. The number of benzene rings is 1. The van der Waals surface area contributed by atoms with Crippen LogP contribution in [0.4, 0.5) is 0 Å². The van der Waals surface area contributed by atoms with Gasteiger partial charge in [0.1, 0.15) is 0 Å². The Morgan fingerprint density at radius 2 is 1.93 bits per heavy atom. The van der Waals surface area contributed by atoms with Crippen molar-refractivity contribution in [3.63, 3.8) is 0 Å². The molecule has 1 aromatic carbocycles. The second kappa shape index (κ2) is 8.20. The Labute approximate surface area is 165 Å². The maximum Gasteiger partial charge on any atom is 0.276 e. The smallest absolute Gasteiger partial charge is 0.276 e. The summed E-state index contributed by atoms with van der Waals surface area (Å²) < 4.78 is 12.9. The number of amides is 1. The van der Waals surface area contributed by atoms with E-state index in [1.165, 1.54) is 19.3 Å². The van der Waals surface area contributed by atoms with E-state index in [9.17, 15) is 4.79 Å². The molecule has 0 spiro atoms. The summed E-state index contributed by atoms with van der Waals surface area (Å²) in [6, 6.07) is 6.30. The number of carbonyl (C=O) groups excluding carboxylic acids is 1. The highest BCUT2D eigenvalue weighted by atomic mass is 16.5. The fourth-order valence-electron chi connectivity index (χ4n) is 4.49. The Bertz CT molecular complexity index is 829. The SMILES string of the molecule is COc1cccc([C@H]2CCN(C(=O)c3cn(C4CCCCC4)nn3)C2)c1OC. The molecule has 7 heteroatoms. The second-order valence-electron chi connectivity index (χ2n) is 7.70. The number of ether oxygens (including phenoxy) is 2. The summed E-state index contributed by atoms with van der Waals surface area (Å²) in [5, 5.41) is 8.41. The molecular formula is C21H28N4O3. The van der Waals surface area contributed by atoms with E-state index in [4.69, 9.17) is 9.47 Å². The molecule has 0 N–H and O–H groups in total. The van der Waals surface area contributed by atoms with Crippen LogP contribution >= 0.6 is 0 Å². The number of aromatic nitrogens is 3. The normalized spacial score (nSPS) is 20.4. The molecule has 2 aromatic rings. The molecule has 2 heterocycles. The highest BCUT2D eigenvalue weighted by molar-refractivity contribution is 5.92. The van der Waals surface area contributed by atoms with Crippen LogP contribution in [0.1, 0.15) is 66.5 Å². The van der Waals surface area contributed by atoms with Crippen LogP contribution in [0.25, 0.3) is 0 Å². The minimum atomic E-state index is -0.0357. The zero-order chi connectivity index (χ0) is 19.5. The van der Waals surface area contributed by atoms with Crippen molar-refractivity contribution in [3.05, 3.63) is 35.7 Å². The van der Waals surface area contributed by atoms with Crippen LogP contribution in [0.3, 0.4) is 0 Å². The largest absolute Gasteiger partial charge is 0.493 e. The standard InChI is InChI=1S/C21H28N4O3/c1-27-19-10-6-9-17(20(19)28-2)15-11-12-24(13-15)21(26)18-14-25(23-22-18)16-7-4-3-5-8-16/h6,9-10,14-16H,3-5,7-8,11-13H2,1-2H3/t15-/m0/s1. The van der Waals surface area contributed by atoms with Crippen LogP contribution in [0.5, 0.6) is 11.5 Å². The Hall–Kier alpha value is -2.57. The van der Waals surface area contributed by atoms with Gasteiger partial charge in [0.15, 0.2) is 17.2 Å². The molecule has 0 bridgehead atoms. The lowest BCUT2D eigenvalue weighted by atomic mass is 9.96. The summed E-state index contributed by atoms with van der Waals surface area (Å²) in [4.78, 5) is 14.8. The van der Waals surface area contributed by atoms with Gasteiger partial charge in [-0.25, -0.2) is 4.68 Å². The van der Waals surface area contributed by atoms with Crippen molar-refractivity contribution in [2.45, 2.75) is 50.5 Å². The maximum atomic E-state index is 13.0. The van der Waals surface area contributed by atoms with Crippen molar-refractivity contribution in [3.8, 4) is 11.5 Å². The van der Waals surface area contributed by atoms with Crippen molar-refractivity contribution in [1.29, 1.82) is 0 Å². The zero-order valence-corrected chi connectivity index (χ0v) is 16.6. The van der Waals surface area contributed by atoms with Crippen LogP contribution in [0, 0.1) is 0 Å². The lowest BCUT2D eigenvalue weighted by molar-refractivity contribution is 0.0784. The lowest BCUT2D eigenvalue weighted by Crippen LogP contribution is -2.28. The predicted octanol–water partition coefficient (Wildman–Crippen LogP) is 3.43. The fraction of sp³-hybridized carbons (Fsp3) is 0.571. The van der Waals surface area contributed by atoms with E-state index < -0.39 is 0 Å². The van der Waals surface area contributed by atoms with Gasteiger partial charge in [0.05, 0.1) is 26.5 Å². The van der Waals surface area contributed by atoms with Crippen LogP contribution in [0.15, 0.2) is 24.4 Å². The van der Waals surface area contributed by atoms with Gasteiger partial charge in [0.2, 0.25) is 0 Å². The van der Waals surface area contributed by atoms with Gasteiger partial charge < -0.3 is 14.4 Å². The van der Waals surface area contributed by atoms with Gasteiger partial charge in [-0.3, -0.25) is 4.79 Å². The molecule has 1 atom stereocenters. The third kappa shape index (κ3) is 3.57. The molecule has 1 aliphatic heterocycles. The third-order valence-corrected chi connectivity index (χ3v) is 6.03. The molecule has 7 nitrogen and oxygen atoms in total. The van der Waals surface area contributed by atoms with E-state index >= 15 is 0 Å². The first-order valence-corrected chi connectivity index (χ1v) is 10.1. The number of para-hydroxylation sites is 1. The van der Waals surface area contributed by atoms with Gasteiger partial charge in [-0.2, -0.15) is 0 Å². The Balaban J connectivity index is 1.46. The maximum absolute atomic E-state index is 13.0. The van der Waals surface area contributed by atoms with Gasteiger partial charge in [-0.1, -0.05) is 36.6 Å². The number of hydrogen-bond donors (Lipinski definition) is 0. The van der Waals surface area contributed by atoms with Gasteiger partial charge in [-0.15, -0.1) is 5.10 Å². The van der Waals surface area contributed by atoms with Crippen LogP contribution in [-0.2, 0) is 0 Å². The van der Waals surface area contributed by atoms with Gasteiger partial charge >= 0.3 is 0 Å². The van der Waals surface area contributed by atoms with Crippen molar-refractivity contribution in [2.24, 2.45) is 0 Å². The first-order valence-electron chi connectivity index (χ1n) is 10.1. The van der Waals surface area contributed by atoms with E-state index in [0.29, 0.717) is 24.8 Å². The molecule has 0 unspecified atom stereocenters. The van der Waals surface area contributed by atoms with E-state index in [1.54, 1.807) is 14.2 Å². The van der Waals surface area contributed by atoms with Crippen LogP contribution in [0.2, 0.25) is 0 Å². The first kappa shape index (κ1) is 18.8. The summed E-state index contributed by atoms with van der Waals surface area (Å²) in [6.07, 6.45) is 8.72. The third-order valence-electron chi connectivity index (χ3n) is 6.03. The number of nitrogens with zero attached hydrogens (tertiary/aromatic N) is 4. The molecule has 1 aliphatic carbocycles. The number of hydrogen-bond acceptors (Lipinski definition) is 5. The molecule has 4 rings (SSSR count). The Morgan fingerprint density at radius 1 is 1.11 bits per heavy atom. The molecule has 2 aliphatic rings. The van der Waals surface area contributed by atoms with E-state index in [1.807, 2.05) is 27.9 Å². The number of likely N-dealkylation sites (tertiary alicyclic amines) is 1. The average Bonchev–Trinajstić information content (AvgIpc) is 3.43. The van der Waals surface area contributed by atoms with E-state index in [2.05, 4.69) is 16.4 Å². The van der Waals surface area contributed by atoms with Crippen LogP contribution < -0.4 is 9.47 Å². The zero-order valence-electron chi connectivity index (χ0n) is 16.6. The molecule has 150 valence electrons. The molecule has 28 heavy (non-hydrogen) atoms. The van der Waals surface area contributed by atoms with Gasteiger partial charge in [-0.05, 0) is 25.3 Å². The van der Waals surface area contributed by atoms with Gasteiger partial charge in [0, 0.05) is 24.6 Å². The lowest BCUT2D eigenvalue weighted by Gasteiger charge is -2.21. The summed E-state index contributed by atoms with van der Waals surface area (Å²) in [5.74, 6) is 1.67.